The van der Waals surface area contributed by atoms with E-state index >= 15 is 0 Å². The lowest BCUT2D eigenvalue weighted by Gasteiger charge is -2.47. The van der Waals surface area contributed by atoms with Crippen LogP contribution in [0.5, 0.6) is 0 Å². The summed E-state index contributed by atoms with van der Waals surface area (Å²) < 4.78 is 0. The van der Waals surface area contributed by atoms with Gasteiger partial charge in [-0.2, -0.15) is 0 Å². The van der Waals surface area contributed by atoms with Gasteiger partial charge in [0.25, 0.3) is 0 Å². The third-order valence-corrected chi connectivity index (χ3v) is 4.19. The van der Waals surface area contributed by atoms with Gasteiger partial charge in [-0.3, -0.25) is 4.79 Å². The molecule has 1 aromatic rings. The molecular formula is C15H23N3O. The van der Waals surface area contributed by atoms with Crippen LogP contribution >= 0.6 is 0 Å². The summed E-state index contributed by atoms with van der Waals surface area (Å²) in [6, 6.07) is 7.46. The molecular weight excluding hydrogens is 238 g/mol. The molecule has 0 aliphatic heterocycles. The molecule has 1 aromatic carbocycles. The first-order valence-electron chi connectivity index (χ1n) is 6.80. The normalized spacial score (nSPS) is 17.0. The molecule has 1 amide bonds. The van der Waals surface area contributed by atoms with Crippen molar-refractivity contribution in [3.05, 3.63) is 29.8 Å². The van der Waals surface area contributed by atoms with Gasteiger partial charge in [0.15, 0.2) is 0 Å². The molecule has 0 aromatic heterocycles. The summed E-state index contributed by atoms with van der Waals surface area (Å²) in [4.78, 5) is 14.2. The minimum absolute atomic E-state index is 0.0814. The van der Waals surface area contributed by atoms with Crippen LogP contribution in [0.2, 0.25) is 0 Å². The van der Waals surface area contributed by atoms with Gasteiger partial charge in [0.2, 0.25) is 5.91 Å². The molecule has 0 heterocycles. The first kappa shape index (κ1) is 13.9. The molecule has 0 unspecified atom stereocenters. The van der Waals surface area contributed by atoms with E-state index in [0.717, 1.165) is 17.8 Å². The van der Waals surface area contributed by atoms with Crippen molar-refractivity contribution in [3.63, 3.8) is 0 Å². The lowest BCUT2D eigenvalue weighted by molar-refractivity contribution is -0.121. The smallest absolute Gasteiger partial charge is 0.224 e. The number of benzene rings is 1. The molecule has 0 radical (unpaired) electrons. The van der Waals surface area contributed by atoms with E-state index in [2.05, 4.69) is 24.3 Å². The van der Waals surface area contributed by atoms with Crippen LogP contribution in [0.3, 0.4) is 0 Å². The fraction of sp³-hybridized carbons (Fsp3) is 0.533. The van der Waals surface area contributed by atoms with Gasteiger partial charge >= 0.3 is 0 Å². The lowest BCUT2D eigenvalue weighted by Crippen LogP contribution is -2.57. The van der Waals surface area contributed by atoms with Crippen LogP contribution in [0.25, 0.3) is 0 Å². The molecule has 0 atom stereocenters. The van der Waals surface area contributed by atoms with Gasteiger partial charge in [0.05, 0.1) is 6.42 Å². The van der Waals surface area contributed by atoms with Crippen molar-refractivity contribution in [1.29, 1.82) is 0 Å². The Morgan fingerprint density at radius 2 is 1.95 bits per heavy atom. The third-order valence-electron chi connectivity index (χ3n) is 4.19. The third kappa shape index (κ3) is 3.26. The summed E-state index contributed by atoms with van der Waals surface area (Å²) in [6.07, 6.45) is 4.01. The summed E-state index contributed by atoms with van der Waals surface area (Å²) in [5.74, 6) is 0.0814. The van der Waals surface area contributed by atoms with Crippen LogP contribution in [-0.2, 0) is 11.2 Å². The highest BCUT2D eigenvalue weighted by Crippen LogP contribution is 2.35. The maximum absolute atomic E-state index is 11.9. The van der Waals surface area contributed by atoms with E-state index < -0.39 is 0 Å². The molecule has 2 rings (SSSR count). The van der Waals surface area contributed by atoms with E-state index in [1.807, 2.05) is 24.3 Å². The van der Waals surface area contributed by atoms with Crippen LogP contribution in [0.1, 0.15) is 24.8 Å². The number of hydrogen-bond acceptors (Lipinski definition) is 3. The predicted molar refractivity (Wildman–Crippen MR) is 77.8 cm³/mol. The number of anilines is 1. The fourth-order valence-corrected chi connectivity index (χ4v) is 2.51. The predicted octanol–water partition coefficient (Wildman–Crippen LogP) is 1.41. The second kappa shape index (κ2) is 5.61. The number of carbonyl (C=O) groups is 1. The quantitative estimate of drug-likeness (QED) is 0.788. The fourth-order valence-electron chi connectivity index (χ4n) is 2.51. The largest absolute Gasteiger partial charge is 0.399 e. The molecule has 1 aliphatic rings. The molecule has 0 bridgehead atoms. The summed E-state index contributed by atoms with van der Waals surface area (Å²) >= 11 is 0. The number of rotatable bonds is 5. The Hall–Kier alpha value is -1.55. The average Bonchev–Trinajstić information content (AvgIpc) is 2.30. The van der Waals surface area contributed by atoms with Gasteiger partial charge in [0, 0.05) is 17.8 Å². The highest BCUT2D eigenvalue weighted by Gasteiger charge is 2.39. The van der Waals surface area contributed by atoms with Crippen LogP contribution in [0.15, 0.2) is 24.3 Å². The monoisotopic (exact) mass is 261 g/mol. The van der Waals surface area contributed by atoms with E-state index in [4.69, 9.17) is 5.73 Å². The standard InChI is InChI=1S/C15H23N3O/c1-18(2)15(8-3-9-15)11-17-14(19)10-12-4-6-13(16)7-5-12/h4-7H,3,8-11,16H2,1-2H3,(H,17,19). The Morgan fingerprint density at radius 3 is 2.42 bits per heavy atom. The maximum Gasteiger partial charge on any atom is 0.224 e. The van der Waals surface area contributed by atoms with Gasteiger partial charge in [-0.25, -0.2) is 0 Å². The Bertz CT molecular complexity index is 435. The van der Waals surface area contributed by atoms with Crippen molar-refractivity contribution in [2.45, 2.75) is 31.2 Å². The van der Waals surface area contributed by atoms with Crippen molar-refractivity contribution in [1.82, 2.24) is 10.2 Å². The number of hydrogen-bond donors (Lipinski definition) is 2. The van der Waals surface area contributed by atoms with Crippen LogP contribution < -0.4 is 11.1 Å². The maximum atomic E-state index is 11.9. The molecule has 1 fully saturated rings. The zero-order valence-electron chi connectivity index (χ0n) is 11.8. The molecule has 0 spiro atoms. The van der Waals surface area contributed by atoms with Crippen LogP contribution in [0.4, 0.5) is 5.69 Å². The topological polar surface area (TPSA) is 58.4 Å². The minimum Gasteiger partial charge on any atom is -0.399 e. The number of likely N-dealkylation sites (N-methyl/N-ethyl adjacent to an activating group) is 1. The summed E-state index contributed by atoms with van der Waals surface area (Å²) in [5, 5.41) is 3.06. The van der Waals surface area contributed by atoms with Gasteiger partial charge in [-0.15, -0.1) is 0 Å². The molecule has 3 N–H and O–H groups in total. The Labute approximate surface area is 115 Å². The van der Waals surface area contributed by atoms with Crippen molar-refractivity contribution in [2.75, 3.05) is 26.4 Å². The van der Waals surface area contributed by atoms with E-state index in [0.29, 0.717) is 6.42 Å². The summed E-state index contributed by atoms with van der Waals surface area (Å²) in [6.45, 7) is 0.744. The molecule has 4 heteroatoms. The highest BCUT2D eigenvalue weighted by molar-refractivity contribution is 5.78. The highest BCUT2D eigenvalue weighted by atomic mass is 16.1. The number of nitrogens with one attached hydrogen (secondary N) is 1. The van der Waals surface area contributed by atoms with Crippen molar-refractivity contribution in [3.8, 4) is 0 Å². The number of amides is 1. The Kier molecular flexibility index (Phi) is 4.10. The van der Waals surface area contributed by atoms with Crippen LogP contribution in [-0.4, -0.2) is 37.0 Å². The van der Waals surface area contributed by atoms with Gasteiger partial charge in [0.1, 0.15) is 0 Å². The van der Waals surface area contributed by atoms with Gasteiger partial charge < -0.3 is 16.0 Å². The zero-order valence-corrected chi connectivity index (χ0v) is 11.8. The van der Waals surface area contributed by atoms with Crippen molar-refractivity contribution >= 4 is 11.6 Å². The number of nitrogen functional groups attached to an aromatic ring is 1. The average molecular weight is 261 g/mol. The summed E-state index contributed by atoms with van der Waals surface area (Å²) in [7, 11) is 4.18. The minimum atomic E-state index is 0.0814. The Balaban J connectivity index is 1.83. The molecule has 4 nitrogen and oxygen atoms in total. The van der Waals surface area contributed by atoms with Gasteiger partial charge in [-0.05, 0) is 51.1 Å². The second-order valence-electron chi connectivity index (χ2n) is 5.67. The number of carbonyl (C=O) groups excluding carboxylic acids is 1. The first-order chi connectivity index (χ1) is 9.02. The van der Waals surface area contributed by atoms with Crippen molar-refractivity contribution < 1.29 is 4.79 Å². The van der Waals surface area contributed by atoms with Crippen LogP contribution in [0, 0.1) is 0 Å². The summed E-state index contributed by atoms with van der Waals surface area (Å²) in [5.41, 5.74) is 7.53. The second-order valence-corrected chi connectivity index (χ2v) is 5.67. The number of nitrogens with zero attached hydrogens (tertiary/aromatic N) is 1. The molecule has 1 aliphatic carbocycles. The number of nitrogens with two attached hydrogens (primary N) is 1. The Morgan fingerprint density at radius 1 is 1.32 bits per heavy atom. The van der Waals surface area contributed by atoms with E-state index in [1.165, 1.54) is 19.3 Å². The zero-order chi connectivity index (χ0) is 13.9. The van der Waals surface area contributed by atoms with Crippen molar-refractivity contribution in [2.24, 2.45) is 0 Å². The lowest BCUT2D eigenvalue weighted by atomic mass is 9.75. The SMILES string of the molecule is CN(C)C1(CNC(=O)Cc2ccc(N)cc2)CCC1. The molecule has 0 saturated heterocycles. The first-order valence-corrected chi connectivity index (χ1v) is 6.80. The molecule has 104 valence electrons. The molecule has 1 saturated carbocycles. The van der Waals surface area contributed by atoms with Gasteiger partial charge in [-0.1, -0.05) is 12.1 Å². The molecule has 19 heavy (non-hydrogen) atoms. The van der Waals surface area contributed by atoms with E-state index in [-0.39, 0.29) is 11.4 Å². The van der Waals surface area contributed by atoms with E-state index in [1.54, 1.807) is 0 Å². The van der Waals surface area contributed by atoms with E-state index in [9.17, 15) is 4.79 Å².